The van der Waals surface area contributed by atoms with E-state index in [4.69, 9.17) is 14.2 Å². The van der Waals surface area contributed by atoms with Crippen molar-refractivity contribution in [3.63, 3.8) is 0 Å². The quantitative estimate of drug-likeness (QED) is 0.674. The van der Waals surface area contributed by atoms with Gasteiger partial charge in [-0.15, -0.1) is 0 Å². The number of nitrogens with zero attached hydrogens (tertiary/aromatic N) is 1. The summed E-state index contributed by atoms with van der Waals surface area (Å²) in [7, 11) is 1.76. The second-order valence-electron chi connectivity index (χ2n) is 5.02. The molecule has 2 rings (SSSR count). The Bertz CT molecular complexity index is 183. The minimum atomic E-state index is 0.424. The zero-order valence-corrected chi connectivity index (χ0v) is 10.9. The Hall–Kier alpha value is -0.160. The first-order chi connectivity index (χ1) is 8.38. The van der Waals surface area contributed by atoms with E-state index in [-0.39, 0.29) is 0 Å². The molecule has 0 bridgehead atoms. The molecule has 2 unspecified atom stereocenters. The second kappa shape index (κ2) is 7.31. The summed E-state index contributed by atoms with van der Waals surface area (Å²) in [6.45, 7) is 5.70. The van der Waals surface area contributed by atoms with Crippen molar-refractivity contribution < 1.29 is 14.2 Å². The summed E-state index contributed by atoms with van der Waals surface area (Å²) in [6.07, 6.45) is 5.68. The number of methoxy groups -OCH3 is 1. The third-order valence-electron chi connectivity index (χ3n) is 3.58. The molecule has 0 aromatic rings. The van der Waals surface area contributed by atoms with Gasteiger partial charge in [-0.2, -0.15) is 0 Å². The highest BCUT2D eigenvalue weighted by Gasteiger charge is 2.23. The number of rotatable bonds is 7. The fourth-order valence-corrected chi connectivity index (χ4v) is 2.63. The van der Waals surface area contributed by atoms with E-state index in [1.807, 2.05) is 0 Å². The molecule has 0 aromatic heterocycles. The molecule has 0 N–H and O–H groups in total. The molecular weight excluding hydrogens is 218 g/mol. The van der Waals surface area contributed by atoms with Crippen LogP contribution in [0.25, 0.3) is 0 Å². The molecule has 4 heteroatoms. The van der Waals surface area contributed by atoms with Crippen LogP contribution in [-0.4, -0.2) is 63.7 Å². The lowest BCUT2D eigenvalue weighted by Gasteiger charge is -2.27. The van der Waals surface area contributed by atoms with Crippen molar-refractivity contribution in [2.45, 2.75) is 37.9 Å². The van der Waals surface area contributed by atoms with Crippen LogP contribution in [0.15, 0.2) is 0 Å². The lowest BCUT2D eigenvalue weighted by atomic mass is 10.2. The molecule has 100 valence electrons. The monoisotopic (exact) mass is 243 g/mol. The minimum Gasteiger partial charge on any atom is -0.383 e. The van der Waals surface area contributed by atoms with Gasteiger partial charge >= 0.3 is 0 Å². The first-order valence-electron chi connectivity index (χ1n) is 6.83. The van der Waals surface area contributed by atoms with Gasteiger partial charge < -0.3 is 14.2 Å². The van der Waals surface area contributed by atoms with Crippen molar-refractivity contribution in [2.24, 2.45) is 0 Å². The molecule has 2 saturated heterocycles. The summed E-state index contributed by atoms with van der Waals surface area (Å²) < 4.78 is 16.6. The second-order valence-corrected chi connectivity index (χ2v) is 5.02. The predicted octanol–water partition coefficient (Wildman–Crippen LogP) is 1.29. The van der Waals surface area contributed by atoms with Gasteiger partial charge in [0.15, 0.2) is 0 Å². The van der Waals surface area contributed by atoms with E-state index < -0.39 is 0 Å². The normalized spacial score (nSPS) is 29.3. The zero-order chi connectivity index (χ0) is 11.9. The molecule has 2 heterocycles. The topological polar surface area (TPSA) is 30.9 Å². The highest BCUT2D eigenvalue weighted by Crippen LogP contribution is 2.17. The van der Waals surface area contributed by atoms with Crippen molar-refractivity contribution in [3.05, 3.63) is 0 Å². The highest BCUT2D eigenvalue weighted by atomic mass is 16.5. The van der Waals surface area contributed by atoms with E-state index in [1.54, 1.807) is 7.11 Å². The van der Waals surface area contributed by atoms with Gasteiger partial charge in [0, 0.05) is 40.0 Å². The summed E-state index contributed by atoms with van der Waals surface area (Å²) in [5.41, 5.74) is 0. The Morgan fingerprint density at radius 2 is 1.65 bits per heavy atom. The molecule has 0 saturated carbocycles. The van der Waals surface area contributed by atoms with Crippen LogP contribution in [0.4, 0.5) is 0 Å². The minimum absolute atomic E-state index is 0.424. The van der Waals surface area contributed by atoms with E-state index in [2.05, 4.69) is 4.90 Å². The van der Waals surface area contributed by atoms with Gasteiger partial charge in [-0.25, -0.2) is 0 Å². The Labute approximate surface area is 104 Å². The zero-order valence-electron chi connectivity index (χ0n) is 10.9. The van der Waals surface area contributed by atoms with Crippen LogP contribution in [0, 0.1) is 0 Å². The molecule has 4 nitrogen and oxygen atoms in total. The third kappa shape index (κ3) is 4.54. The number of hydrogen-bond acceptors (Lipinski definition) is 4. The first kappa shape index (κ1) is 13.3. The maximum atomic E-state index is 5.70. The molecule has 0 aromatic carbocycles. The SMILES string of the molecule is COCCN(CC1CCCO1)CC1CCCO1. The van der Waals surface area contributed by atoms with Crippen molar-refractivity contribution in [1.29, 1.82) is 0 Å². The van der Waals surface area contributed by atoms with Crippen LogP contribution in [-0.2, 0) is 14.2 Å². The van der Waals surface area contributed by atoms with E-state index in [0.717, 1.165) is 39.5 Å². The van der Waals surface area contributed by atoms with Gasteiger partial charge in [0.2, 0.25) is 0 Å². The van der Waals surface area contributed by atoms with Gasteiger partial charge in [-0.05, 0) is 25.7 Å². The Balaban J connectivity index is 1.74. The molecule has 0 radical (unpaired) electrons. The highest BCUT2D eigenvalue weighted by molar-refractivity contribution is 4.75. The maximum absolute atomic E-state index is 5.70. The van der Waals surface area contributed by atoms with Crippen LogP contribution in [0.5, 0.6) is 0 Å². The summed E-state index contributed by atoms with van der Waals surface area (Å²) in [4.78, 5) is 2.44. The standard InChI is InChI=1S/C13H25NO3/c1-15-9-6-14(10-12-4-2-7-16-12)11-13-5-3-8-17-13/h12-13H,2-11H2,1H3. The molecule has 2 aliphatic heterocycles. The Morgan fingerprint density at radius 3 is 2.06 bits per heavy atom. The van der Waals surface area contributed by atoms with Crippen LogP contribution in [0.3, 0.4) is 0 Å². The van der Waals surface area contributed by atoms with Crippen molar-refractivity contribution in [3.8, 4) is 0 Å². The maximum Gasteiger partial charge on any atom is 0.0702 e. The lowest BCUT2D eigenvalue weighted by molar-refractivity contribution is 0.0279. The van der Waals surface area contributed by atoms with Gasteiger partial charge in [0.05, 0.1) is 18.8 Å². The average Bonchev–Trinajstić information content (AvgIpc) is 2.99. The van der Waals surface area contributed by atoms with Gasteiger partial charge in [-0.1, -0.05) is 0 Å². The van der Waals surface area contributed by atoms with Gasteiger partial charge in [0.25, 0.3) is 0 Å². The number of hydrogen-bond donors (Lipinski definition) is 0. The van der Waals surface area contributed by atoms with Crippen LogP contribution >= 0.6 is 0 Å². The summed E-state index contributed by atoms with van der Waals surface area (Å²) in [6, 6.07) is 0. The third-order valence-corrected chi connectivity index (χ3v) is 3.58. The van der Waals surface area contributed by atoms with Crippen LogP contribution in [0.1, 0.15) is 25.7 Å². The lowest BCUT2D eigenvalue weighted by Crippen LogP contribution is -2.39. The molecule has 0 amide bonds. The Kier molecular flexibility index (Phi) is 5.71. The summed E-state index contributed by atoms with van der Waals surface area (Å²) in [5.74, 6) is 0. The first-order valence-corrected chi connectivity index (χ1v) is 6.83. The number of ether oxygens (including phenoxy) is 3. The van der Waals surface area contributed by atoms with Crippen molar-refractivity contribution in [1.82, 2.24) is 4.90 Å². The average molecular weight is 243 g/mol. The van der Waals surface area contributed by atoms with E-state index in [1.165, 1.54) is 25.7 Å². The molecule has 0 aliphatic carbocycles. The summed E-state index contributed by atoms with van der Waals surface area (Å²) >= 11 is 0. The molecule has 0 spiro atoms. The smallest absolute Gasteiger partial charge is 0.0702 e. The molecule has 2 aliphatic rings. The Morgan fingerprint density at radius 1 is 1.06 bits per heavy atom. The van der Waals surface area contributed by atoms with Crippen molar-refractivity contribution in [2.75, 3.05) is 46.6 Å². The van der Waals surface area contributed by atoms with Gasteiger partial charge in [0.1, 0.15) is 0 Å². The largest absolute Gasteiger partial charge is 0.383 e. The van der Waals surface area contributed by atoms with Crippen LogP contribution < -0.4 is 0 Å². The van der Waals surface area contributed by atoms with E-state index in [0.29, 0.717) is 12.2 Å². The molecule has 17 heavy (non-hydrogen) atoms. The fourth-order valence-electron chi connectivity index (χ4n) is 2.63. The van der Waals surface area contributed by atoms with Crippen LogP contribution in [0.2, 0.25) is 0 Å². The van der Waals surface area contributed by atoms with Crippen molar-refractivity contribution >= 4 is 0 Å². The van der Waals surface area contributed by atoms with E-state index in [9.17, 15) is 0 Å². The molecule has 2 fully saturated rings. The predicted molar refractivity (Wildman–Crippen MR) is 66.3 cm³/mol. The summed E-state index contributed by atoms with van der Waals surface area (Å²) in [5, 5.41) is 0. The van der Waals surface area contributed by atoms with E-state index >= 15 is 0 Å². The van der Waals surface area contributed by atoms with Gasteiger partial charge in [-0.3, -0.25) is 4.90 Å². The molecule has 2 atom stereocenters. The molecular formula is C13H25NO3. The fraction of sp³-hybridized carbons (Fsp3) is 1.00.